The second-order valence-electron chi connectivity index (χ2n) is 5.28. The molecule has 0 heterocycles. The lowest BCUT2D eigenvalue weighted by atomic mass is 10.1. The minimum atomic E-state index is -0.440. The Morgan fingerprint density at radius 3 is 2.65 bits per heavy atom. The summed E-state index contributed by atoms with van der Waals surface area (Å²) in [6.45, 7) is 2.27. The van der Waals surface area contributed by atoms with E-state index in [0.717, 1.165) is 21.4 Å². The third-order valence-corrected chi connectivity index (χ3v) is 4.18. The Kier molecular flexibility index (Phi) is 4.83. The highest BCUT2D eigenvalue weighted by molar-refractivity contribution is 7.98. The van der Waals surface area contributed by atoms with Crippen molar-refractivity contribution in [3.8, 4) is 0 Å². The minimum Gasteiger partial charge on any atom is -0.444 e. The molecule has 1 amide bonds. The van der Waals surface area contributed by atoms with Crippen molar-refractivity contribution in [1.29, 1.82) is 0 Å². The van der Waals surface area contributed by atoms with E-state index in [1.807, 2.05) is 67.6 Å². The Morgan fingerprint density at radius 2 is 1.83 bits per heavy atom. The summed E-state index contributed by atoms with van der Waals surface area (Å²) in [5.41, 5.74) is 2.13. The number of fused-ring (bicyclic) bond motifs is 1. The van der Waals surface area contributed by atoms with Crippen LogP contribution in [0.3, 0.4) is 0 Å². The van der Waals surface area contributed by atoms with E-state index in [2.05, 4.69) is 10.8 Å². The normalized spacial score (nSPS) is 10.5. The number of aryl methyl sites for hydroxylation is 1. The van der Waals surface area contributed by atoms with Crippen LogP contribution in [0.2, 0.25) is 0 Å². The zero-order valence-electron chi connectivity index (χ0n) is 12.8. The topological polar surface area (TPSA) is 38.3 Å². The molecule has 0 unspecified atom stereocenters. The van der Waals surface area contributed by atoms with Crippen LogP contribution in [0.15, 0.2) is 71.6 Å². The smallest absolute Gasteiger partial charge is 0.417 e. The fourth-order valence-corrected chi connectivity index (χ4v) is 2.94. The molecular weight excluding hydrogens is 306 g/mol. The molecule has 0 spiro atoms. The predicted octanol–water partition coefficient (Wildman–Crippen LogP) is 5.08. The maximum atomic E-state index is 11.8. The molecule has 0 bridgehead atoms. The Balaban J connectivity index is 1.53. The highest BCUT2D eigenvalue weighted by Gasteiger charge is 2.04. The molecule has 0 aliphatic heterocycles. The van der Waals surface area contributed by atoms with Crippen LogP contribution in [-0.2, 0) is 11.3 Å². The molecule has 0 atom stereocenters. The van der Waals surface area contributed by atoms with Gasteiger partial charge in [-0.3, -0.25) is 4.72 Å². The first kappa shape index (κ1) is 15.4. The second-order valence-corrected chi connectivity index (χ2v) is 6.16. The fraction of sp³-hybridized carbons (Fsp3) is 0.105. The van der Waals surface area contributed by atoms with Crippen LogP contribution in [-0.4, -0.2) is 6.09 Å². The van der Waals surface area contributed by atoms with Crippen LogP contribution in [0, 0.1) is 6.92 Å². The van der Waals surface area contributed by atoms with Crippen LogP contribution in [0.1, 0.15) is 11.1 Å². The summed E-state index contributed by atoms with van der Waals surface area (Å²) in [7, 11) is 0. The average molecular weight is 323 g/mol. The number of benzene rings is 3. The van der Waals surface area contributed by atoms with E-state index in [0.29, 0.717) is 0 Å². The Hall–Kier alpha value is -2.46. The molecule has 3 aromatic carbocycles. The van der Waals surface area contributed by atoms with Crippen molar-refractivity contribution in [1.82, 2.24) is 4.72 Å². The van der Waals surface area contributed by atoms with Gasteiger partial charge in [-0.1, -0.05) is 48.5 Å². The molecule has 23 heavy (non-hydrogen) atoms. The summed E-state index contributed by atoms with van der Waals surface area (Å²) in [6, 6.07) is 22.1. The summed E-state index contributed by atoms with van der Waals surface area (Å²) in [6.07, 6.45) is -0.440. The van der Waals surface area contributed by atoms with Gasteiger partial charge in [0.2, 0.25) is 0 Å². The number of carbonyl (C=O) groups excluding carboxylic acids is 1. The van der Waals surface area contributed by atoms with Crippen LogP contribution in [0.25, 0.3) is 10.8 Å². The molecule has 0 saturated heterocycles. The first-order chi connectivity index (χ1) is 11.2. The van der Waals surface area contributed by atoms with Crippen LogP contribution in [0.5, 0.6) is 0 Å². The molecule has 1 N–H and O–H groups in total. The van der Waals surface area contributed by atoms with Gasteiger partial charge in [0.1, 0.15) is 6.61 Å². The monoisotopic (exact) mass is 323 g/mol. The van der Waals surface area contributed by atoms with Crippen molar-refractivity contribution in [2.24, 2.45) is 0 Å². The molecule has 0 fully saturated rings. The number of nitrogens with one attached hydrogen (secondary N) is 1. The number of hydrogen-bond donors (Lipinski definition) is 1. The van der Waals surface area contributed by atoms with E-state index in [9.17, 15) is 4.79 Å². The van der Waals surface area contributed by atoms with Crippen molar-refractivity contribution >= 4 is 28.8 Å². The molecule has 0 aliphatic rings. The maximum absolute atomic E-state index is 11.8. The van der Waals surface area contributed by atoms with Gasteiger partial charge < -0.3 is 4.74 Å². The lowest BCUT2D eigenvalue weighted by Crippen LogP contribution is -2.16. The third kappa shape index (κ3) is 4.27. The predicted molar refractivity (Wildman–Crippen MR) is 94.3 cm³/mol. The SMILES string of the molecule is Cc1cccc(SNC(=O)OCc2ccc3ccccc3c2)c1. The lowest BCUT2D eigenvalue weighted by molar-refractivity contribution is 0.147. The Labute approximate surface area is 139 Å². The van der Waals surface area contributed by atoms with Crippen molar-refractivity contribution in [3.63, 3.8) is 0 Å². The first-order valence-corrected chi connectivity index (χ1v) is 8.16. The average Bonchev–Trinajstić information content (AvgIpc) is 2.58. The van der Waals surface area contributed by atoms with Gasteiger partial charge in [0.15, 0.2) is 0 Å². The van der Waals surface area contributed by atoms with E-state index >= 15 is 0 Å². The van der Waals surface area contributed by atoms with E-state index < -0.39 is 6.09 Å². The van der Waals surface area contributed by atoms with Crippen LogP contribution < -0.4 is 4.72 Å². The van der Waals surface area contributed by atoms with Gasteiger partial charge in [-0.15, -0.1) is 0 Å². The first-order valence-electron chi connectivity index (χ1n) is 7.35. The summed E-state index contributed by atoms with van der Waals surface area (Å²) in [5.74, 6) is 0. The van der Waals surface area contributed by atoms with Crippen LogP contribution >= 0.6 is 11.9 Å². The molecule has 0 aromatic heterocycles. The van der Waals surface area contributed by atoms with E-state index in [1.54, 1.807) is 0 Å². The summed E-state index contributed by atoms with van der Waals surface area (Å²) in [4.78, 5) is 12.8. The third-order valence-electron chi connectivity index (χ3n) is 3.43. The quantitative estimate of drug-likeness (QED) is 0.680. The van der Waals surface area contributed by atoms with Gasteiger partial charge in [0.05, 0.1) is 0 Å². The van der Waals surface area contributed by atoms with Gasteiger partial charge in [-0.05, 0) is 59.0 Å². The number of rotatable bonds is 4. The molecule has 3 aromatic rings. The maximum Gasteiger partial charge on any atom is 0.417 e. The molecule has 3 nitrogen and oxygen atoms in total. The molecule has 0 aliphatic carbocycles. The zero-order chi connectivity index (χ0) is 16.1. The van der Waals surface area contributed by atoms with E-state index in [4.69, 9.17) is 4.74 Å². The summed E-state index contributed by atoms with van der Waals surface area (Å²) >= 11 is 1.26. The van der Waals surface area contributed by atoms with Crippen molar-refractivity contribution in [2.75, 3.05) is 0 Å². The van der Waals surface area contributed by atoms with Gasteiger partial charge in [-0.25, -0.2) is 4.79 Å². The molecule has 4 heteroatoms. The second kappa shape index (κ2) is 7.20. The van der Waals surface area contributed by atoms with Gasteiger partial charge >= 0.3 is 6.09 Å². The lowest BCUT2D eigenvalue weighted by Gasteiger charge is -2.07. The zero-order valence-corrected chi connectivity index (χ0v) is 13.6. The van der Waals surface area contributed by atoms with Crippen LogP contribution in [0.4, 0.5) is 4.79 Å². The number of carbonyl (C=O) groups is 1. The van der Waals surface area contributed by atoms with Gasteiger partial charge in [0.25, 0.3) is 0 Å². The Bertz CT molecular complexity index is 832. The standard InChI is InChI=1S/C19H17NO2S/c1-14-5-4-8-18(11-14)23-20-19(21)22-13-15-9-10-16-6-2-3-7-17(16)12-15/h2-12H,13H2,1H3,(H,20,21). The molecule has 0 radical (unpaired) electrons. The number of ether oxygens (including phenoxy) is 1. The van der Waals surface area contributed by atoms with E-state index in [-0.39, 0.29) is 6.61 Å². The molecular formula is C19H17NO2S. The number of amides is 1. The highest BCUT2D eigenvalue weighted by atomic mass is 32.2. The highest BCUT2D eigenvalue weighted by Crippen LogP contribution is 2.17. The molecule has 0 saturated carbocycles. The van der Waals surface area contributed by atoms with Crippen molar-refractivity contribution in [3.05, 3.63) is 77.9 Å². The number of hydrogen-bond acceptors (Lipinski definition) is 3. The Morgan fingerprint density at radius 1 is 1.00 bits per heavy atom. The van der Waals surface area contributed by atoms with Gasteiger partial charge in [-0.2, -0.15) is 0 Å². The van der Waals surface area contributed by atoms with Crippen molar-refractivity contribution in [2.45, 2.75) is 18.4 Å². The summed E-state index contributed by atoms with van der Waals surface area (Å²) < 4.78 is 7.95. The van der Waals surface area contributed by atoms with Crippen molar-refractivity contribution < 1.29 is 9.53 Å². The molecule has 116 valence electrons. The summed E-state index contributed by atoms with van der Waals surface area (Å²) in [5, 5.41) is 2.32. The minimum absolute atomic E-state index is 0.255. The largest absolute Gasteiger partial charge is 0.444 e. The van der Waals surface area contributed by atoms with Gasteiger partial charge in [0, 0.05) is 4.90 Å². The fourth-order valence-electron chi connectivity index (χ4n) is 2.29. The molecule has 3 rings (SSSR count). The van der Waals surface area contributed by atoms with E-state index in [1.165, 1.54) is 17.3 Å².